The van der Waals surface area contributed by atoms with Crippen molar-refractivity contribution >= 4 is 0 Å². The molecule has 1 aromatic rings. The van der Waals surface area contributed by atoms with E-state index in [1.807, 2.05) is 7.05 Å². The highest BCUT2D eigenvalue weighted by atomic mass is 16.5. The minimum Gasteiger partial charge on any atom is -0.480 e. The predicted molar refractivity (Wildman–Crippen MR) is 55.3 cm³/mol. The van der Waals surface area contributed by atoms with Crippen LogP contribution in [-0.4, -0.2) is 24.1 Å². The summed E-state index contributed by atoms with van der Waals surface area (Å²) in [7, 11) is 3.54. The van der Waals surface area contributed by atoms with Crippen LogP contribution in [0.2, 0.25) is 0 Å². The van der Waals surface area contributed by atoms with E-state index in [2.05, 4.69) is 22.2 Å². The van der Waals surface area contributed by atoms with Crippen LogP contribution in [0.4, 0.5) is 0 Å². The van der Waals surface area contributed by atoms with Gasteiger partial charge in [-0.3, -0.25) is 4.98 Å². The molecule has 0 fully saturated rings. The molecule has 78 valence electrons. The molecule has 0 amide bonds. The normalized spacial score (nSPS) is 12.5. The first-order chi connectivity index (χ1) is 6.83. The van der Waals surface area contributed by atoms with Crippen molar-refractivity contribution in [3.63, 3.8) is 0 Å². The molecule has 0 aromatic carbocycles. The van der Waals surface area contributed by atoms with Gasteiger partial charge in [-0.05, 0) is 13.5 Å². The molecule has 0 radical (unpaired) electrons. The van der Waals surface area contributed by atoms with Gasteiger partial charge in [-0.25, -0.2) is 4.98 Å². The average Bonchev–Trinajstić information content (AvgIpc) is 2.26. The van der Waals surface area contributed by atoms with E-state index >= 15 is 0 Å². The highest BCUT2D eigenvalue weighted by Gasteiger charge is 2.15. The van der Waals surface area contributed by atoms with E-state index in [0.717, 1.165) is 18.5 Å². The molecule has 1 rings (SSSR count). The van der Waals surface area contributed by atoms with E-state index in [-0.39, 0.29) is 6.04 Å². The third-order valence-corrected chi connectivity index (χ3v) is 2.14. The van der Waals surface area contributed by atoms with Crippen LogP contribution in [0, 0.1) is 0 Å². The smallest absolute Gasteiger partial charge is 0.236 e. The second-order valence-electron chi connectivity index (χ2n) is 3.08. The van der Waals surface area contributed by atoms with Gasteiger partial charge in [-0.15, -0.1) is 0 Å². The molecule has 0 spiro atoms. The standard InChI is InChI=1S/C10H17N3O/c1-4-5-8(11-2)9-10(14-3)13-7-6-12-9/h6-8,11H,4-5H2,1-3H3. The molecule has 1 atom stereocenters. The molecule has 1 aromatic heterocycles. The van der Waals surface area contributed by atoms with Gasteiger partial charge in [-0.2, -0.15) is 0 Å². The van der Waals surface area contributed by atoms with Gasteiger partial charge >= 0.3 is 0 Å². The van der Waals surface area contributed by atoms with Crippen molar-refractivity contribution in [1.29, 1.82) is 0 Å². The summed E-state index contributed by atoms with van der Waals surface area (Å²) in [5.41, 5.74) is 0.888. The third-order valence-electron chi connectivity index (χ3n) is 2.14. The number of nitrogens with zero attached hydrogens (tertiary/aromatic N) is 2. The average molecular weight is 195 g/mol. The first kappa shape index (κ1) is 10.9. The molecule has 0 aliphatic carbocycles. The molecule has 1 heterocycles. The van der Waals surface area contributed by atoms with Crippen LogP contribution in [-0.2, 0) is 0 Å². The van der Waals surface area contributed by atoms with E-state index in [1.54, 1.807) is 19.5 Å². The molecule has 4 heteroatoms. The zero-order valence-corrected chi connectivity index (χ0v) is 8.95. The van der Waals surface area contributed by atoms with Crippen molar-refractivity contribution in [3.05, 3.63) is 18.1 Å². The SMILES string of the molecule is CCCC(NC)c1nccnc1OC. The van der Waals surface area contributed by atoms with Gasteiger partial charge in [0.25, 0.3) is 0 Å². The molecule has 1 unspecified atom stereocenters. The van der Waals surface area contributed by atoms with Crippen LogP contribution in [0.1, 0.15) is 31.5 Å². The van der Waals surface area contributed by atoms with Crippen LogP contribution in [0.3, 0.4) is 0 Å². The fraction of sp³-hybridized carbons (Fsp3) is 0.600. The maximum Gasteiger partial charge on any atom is 0.236 e. The second kappa shape index (κ2) is 5.54. The van der Waals surface area contributed by atoms with Crippen LogP contribution in [0.15, 0.2) is 12.4 Å². The van der Waals surface area contributed by atoms with Crippen LogP contribution in [0.25, 0.3) is 0 Å². The molecule has 14 heavy (non-hydrogen) atoms. The molecular formula is C10H17N3O. The van der Waals surface area contributed by atoms with E-state index in [0.29, 0.717) is 5.88 Å². The Morgan fingerprint density at radius 1 is 1.43 bits per heavy atom. The Morgan fingerprint density at radius 2 is 2.14 bits per heavy atom. The summed E-state index contributed by atoms with van der Waals surface area (Å²) in [5, 5.41) is 3.21. The Hall–Kier alpha value is -1.16. The van der Waals surface area contributed by atoms with Gasteiger partial charge in [0.15, 0.2) is 0 Å². The molecular weight excluding hydrogens is 178 g/mol. The van der Waals surface area contributed by atoms with E-state index in [1.165, 1.54) is 0 Å². The first-order valence-corrected chi connectivity index (χ1v) is 4.85. The lowest BCUT2D eigenvalue weighted by Crippen LogP contribution is -2.18. The van der Waals surface area contributed by atoms with Gasteiger partial charge in [0, 0.05) is 12.4 Å². The Bertz CT molecular complexity index is 278. The van der Waals surface area contributed by atoms with Crippen molar-refractivity contribution in [2.75, 3.05) is 14.2 Å². The summed E-state index contributed by atoms with van der Waals surface area (Å²) in [6.45, 7) is 2.15. The minimum absolute atomic E-state index is 0.226. The van der Waals surface area contributed by atoms with Gasteiger partial charge in [0.1, 0.15) is 5.69 Å². The van der Waals surface area contributed by atoms with Gasteiger partial charge < -0.3 is 10.1 Å². The topological polar surface area (TPSA) is 47.0 Å². The number of rotatable bonds is 5. The van der Waals surface area contributed by atoms with Crippen LogP contribution < -0.4 is 10.1 Å². The summed E-state index contributed by atoms with van der Waals surface area (Å²) in [4.78, 5) is 8.41. The van der Waals surface area contributed by atoms with Crippen LogP contribution in [0.5, 0.6) is 5.88 Å². The maximum atomic E-state index is 5.16. The van der Waals surface area contributed by atoms with Gasteiger partial charge in [0.2, 0.25) is 5.88 Å². The number of hydrogen-bond donors (Lipinski definition) is 1. The Balaban J connectivity index is 2.90. The highest BCUT2D eigenvalue weighted by molar-refractivity contribution is 5.20. The fourth-order valence-corrected chi connectivity index (χ4v) is 1.44. The first-order valence-electron chi connectivity index (χ1n) is 4.85. The zero-order chi connectivity index (χ0) is 10.4. The molecule has 0 aliphatic rings. The van der Waals surface area contributed by atoms with Gasteiger partial charge in [0.05, 0.1) is 13.2 Å². The third kappa shape index (κ3) is 2.42. The minimum atomic E-state index is 0.226. The fourth-order valence-electron chi connectivity index (χ4n) is 1.44. The number of aromatic nitrogens is 2. The lowest BCUT2D eigenvalue weighted by Gasteiger charge is -2.16. The van der Waals surface area contributed by atoms with Crippen LogP contribution >= 0.6 is 0 Å². The second-order valence-corrected chi connectivity index (χ2v) is 3.08. The number of nitrogens with one attached hydrogen (secondary N) is 1. The summed E-state index contributed by atoms with van der Waals surface area (Å²) < 4.78 is 5.16. The van der Waals surface area contributed by atoms with E-state index < -0.39 is 0 Å². The predicted octanol–water partition coefficient (Wildman–Crippen LogP) is 1.55. The summed E-state index contributed by atoms with van der Waals surface area (Å²) in [5.74, 6) is 0.611. The van der Waals surface area contributed by atoms with Crippen molar-refractivity contribution in [2.24, 2.45) is 0 Å². The van der Waals surface area contributed by atoms with E-state index in [4.69, 9.17) is 4.74 Å². The zero-order valence-electron chi connectivity index (χ0n) is 8.95. The number of methoxy groups -OCH3 is 1. The lowest BCUT2D eigenvalue weighted by molar-refractivity contribution is 0.376. The number of hydrogen-bond acceptors (Lipinski definition) is 4. The molecule has 1 N–H and O–H groups in total. The van der Waals surface area contributed by atoms with Crippen molar-refractivity contribution in [2.45, 2.75) is 25.8 Å². The van der Waals surface area contributed by atoms with Gasteiger partial charge in [-0.1, -0.05) is 13.3 Å². The number of ether oxygens (including phenoxy) is 1. The maximum absolute atomic E-state index is 5.16. The molecule has 0 saturated heterocycles. The summed E-state index contributed by atoms with van der Waals surface area (Å²) >= 11 is 0. The molecule has 0 saturated carbocycles. The quantitative estimate of drug-likeness (QED) is 0.774. The van der Waals surface area contributed by atoms with Crippen molar-refractivity contribution in [3.8, 4) is 5.88 Å². The summed E-state index contributed by atoms with van der Waals surface area (Å²) in [6, 6.07) is 0.226. The van der Waals surface area contributed by atoms with E-state index in [9.17, 15) is 0 Å². The Labute approximate surface area is 84.7 Å². The Kier molecular flexibility index (Phi) is 4.32. The monoisotopic (exact) mass is 195 g/mol. The Morgan fingerprint density at radius 3 is 2.71 bits per heavy atom. The lowest BCUT2D eigenvalue weighted by atomic mass is 10.1. The molecule has 4 nitrogen and oxygen atoms in total. The molecule has 0 aliphatic heterocycles. The van der Waals surface area contributed by atoms with Crippen molar-refractivity contribution < 1.29 is 4.74 Å². The van der Waals surface area contributed by atoms with Crippen molar-refractivity contribution in [1.82, 2.24) is 15.3 Å². The largest absolute Gasteiger partial charge is 0.480 e. The summed E-state index contributed by atoms with van der Waals surface area (Å²) in [6.07, 6.45) is 5.47. The molecule has 0 bridgehead atoms. The highest BCUT2D eigenvalue weighted by Crippen LogP contribution is 2.22.